The molecule has 160 valence electrons. The molecular formula is C24H31N3O3. The van der Waals surface area contributed by atoms with Crippen LogP contribution >= 0.6 is 0 Å². The maximum atomic E-state index is 12.4. The van der Waals surface area contributed by atoms with Gasteiger partial charge in [-0.3, -0.25) is 14.5 Å². The van der Waals surface area contributed by atoms with Crippen LogP contribution in [0.1, 0.15) is 34.3 Å². The molecule has 0 aromatic heterocycles. The van der Waals surface area contributed by atoms with Crippen LogP contribution < -0.4 is 10.1 Å². The fourth-order valence-corrected chi connectivity index (χ4v) is 3.47. The van der Waals surface area contributed by atoms with Crippen molar-refractivity contribution in [1.29, 1.82) is 0 Å². The van der Waals surface area contributed by atoms with E-state index < -0.39 is 0 Å². The molecule has 0 atom stereocenters. The van der Waals surface area contributed by atoms with E-state index in [0.717, 1.165) is 42.8 Å². The van der Waals surface area contributed by atoms with E-state index in [1.807, 2.05) is 72.3 Å². The lowest BCUT2D eigenvalue weighted by Gasteiger charge is -2.17. The Bertz CT molecular complexity index is 845. The van der Waals surface area contributed by atoms with Crippen LogP contribution in [0.5, 0.6) is 5.75 Å². The van der Waals surface area contributed by atoms with Crippen LogP contribution in [0.2, 0.25) is 0 Å². The largest absolute Gasteiger partial charge is 0.492 e. The van der Waals surface area contributed by atoms with Crippen LogP contribution in [0.15, 0.2) is 48.5 Å². The number of benzene rings is 2. The monoisotopic (exact) mass is 409 g/mol. The third-order valence-electron chi connectivity index (χ3n) is 5.23. The van der Waals surface area contributed by atoms with Crippen molar-refractivity contribution in [1.82, 2.24) is 15.1 Å². The van der Waals surface area contributed by atoms with Gasteiger partial charge >= 0.3 is 0 Å². The summed E-state index contributed by atoms with van der Waals surface area (Å²) in [5.41, 5.74) is 2.85. The highest BCUT2D eigenvalue weighted by molar-refractivity contribution is 5.94. The summed E-state index contributed by atoms with van der Waals surface area (Å²) in [5, 5.41) is 2.93. The van der Waals surface area contributed by atoms with Gasteiger partial charge in [-0.15, -0.1) is 0 Å². The fraction of sp³-hybridized carbons (Fsp3) is 0.417. The van der Waals surface area contributed by atoms with E-state index in [-0.39, 0.29) is 11.8 Å². The fourth-order valence-electron chi connectivity index (χ4n) is 3.47. The molecule has 0 bridgehead atoms. The van der Waals surface area contributed by atoms with Crippen molar-refractivity contribution in [2.45, 2.75) is 26.3 Å². The third-order valence-corrected chi connectivity index (χ3v) is 5.23. The average molecular weight is 410 g/mol. The molecule has 2 aromatic rings. The highest BCUT2D eigenvalue weighted by atomic mass is 16.5. The molecule has 0 radical (unpaired) electrons. The molecule has 0 saturated carbocycles. The summed E-state index contributed by atoms with van der Waals surface area (Å²) in [4.78, 5) is 28.4. The molecular weight excluding hydrogens is 378 g/mol. The molecule has 2 aromatic carbocycles. The number of hydrogen-bond donors (Lipinski definition) is 1. The first-order valence-corrected chi connectivity index (χ1v) is 10.5. The maximum absolute atomic E-state index is 12.4. The lowest BCUT2D eigenvalue weighted by atomic mass is 10.1. The van der Waals surface area contributed by atoms with Gasteiger partial charge in [-0.05, 0) is 62.2 Å². The highest BCUT2D eigenvalue weighted by Gasteiger charge is 2.19. The van der Waals surface area contributed by atoms with Crippen molar-refractivity contribution in [3.05, 3.63) is 65.2 Å². The minimum atomic E-state index is -0.0368. The molecule has 6 nitrogen and oxygen atoms in total. The Labute approximate surface area is 178 Å². The first-order valence-electron chi connectivity index (χ1n) is 10.5. The van der Waals surface area contributed by atoms with Crippen molar-refractivity contribution in [3.8, 4) is 5.75 Å². The lowest BCUT2D eigenvalue weighted by Crippen LogP contribution is -2.36. The first-order chi connectivity index (χ1) is 14.5. The Morgan fingerprint density at radius 1 is 1.10 bits per heavy atom. The number of carbonyl (C=O) groups is 2. The molecule has 0 unspecified atom stereocenters. The number of likely N-dealkylation sites (N-methyl/N-ethyl adjacent to an activating group) is 1. The number of ether oxygens (including phenoxy) is 1. The number of rotatable bonds is 9. The predicted molar refractivity (Wildman–Crippen MR) is 118 cm³/mol. The van der Waals surface area contributed by atoms with E-state index in [2.05, 4.69) is 5.32 Å². The number of hydrogen-bond acceptors (Lipinski definition) is 4. The smallest absolute Gasteiger partial charge is 0.253 e. The molecule has 2 amide bonds. The molecule has 0 aliphatic carbocycles. The minimum absolute atomic E-state index is 0.0368. The van der Waals surface area contributed by atoms with Gasteiger partial charge in [-0.2, -0.15) is 0 Å². The summed E-state index contributed by atoms with van der Waals surface area (Å²) in [6.45, 7) is 5.67. The van der Waals surface area contributed by atoms with Crippen molar-refractivity contribution in [2.24, 2.45) is 0 Å². The normalized spacial score (nSPS) is 13.5. The van der Waals surface area contributed by atoms with E-state index in [1.54, 1.807) is 0 Å². The van der Waals surface area contributed by atoms with Crippen molar-refractivity contribution >= 4 is 11.8 Å². The second-order valence-electron chi connectivity index (χ2n) is 7.88. The van der Waals surface area contributed by atoms with Crippen molar-refractivity contribution < 1.29 is 14.3 Å². The summed E-state index contributed by atoms with van der Waals surface area (Å²) in [6, 6.07) is 15.4. The standard InChI is InChI=1S/C24H31N3O3/c1-19-6-5-7-22(16-19)30-15-14-26(2)18-23(28)25-17-20-8-10-21(11-9-20)24(29)27-12-3-4-13-27/h5-11,16H,3-4,12-15,17-18H2,1-2H3,(H,25,28). The molecule has 1 aliphatic heterocycles. The molecule has 1 fully saturated rings. The number of amides is 2. The van der Waals surface area contributed by atoms with Crippen molar-refractivity contribution in [3.63, 3.8) is 0 Å². The number of carbonyl (C=O) groups excluding carboxylic acids is 2. The molecule has 1 aliphatic rings. The van der Waals surface area contributed by atoms with Gasteiger partial charge in [0.15, 0.2) is 0 Å². The zero-order chi connectivity index (χ0) is 21.3. The van der Waals surface area contributed by atoms with Gasteiger partial charge < -0.3 is 15.0 Å². The van der Waals surface area contributed by atoms with Gasteiger partial charge in [0, 0.05) is 31.7 Å². The Morgan fingerprint density at radius 3 is 2.53 bits per heavy atom. The van der Waals surface area contributed by atoms with Crippen LogP contribution in [0, 0.1) is 6.92 Å². The second kappa shape index (κ2) is 10.8. The predicted octanol–water partition coefficient (Wildman–Crippen LogP) is 2.86. The number of aryl methyl sites for hydroxylation is 1. The van der Waals surface area contributed by atoms with Gasteiger partial charge in [0.25, 0.3) is 5.91 Å². The Morgan fingerprint density at radius 2 is 1.83 bits per heavy atom. The van der Waals surface area contributed by atoms with Crippen LogP contribution in [-0.2, 0) is 11.3 Å². The molecule has 1 N–H and O–H groups in total. The summed E-state index contributed by atoms with van der Waals surface area (Å²) < 4.78 is 5.73. The van der Waals surface area contributed by atoms with E-state index in [0.29, 0.717) is 31.8 Å². The van der Waals surface area contributed by atoms with Gasteiger partial charge in [0.05, 0.1) is 6.54 Å². The topological polar surface area (TPSA) is 61.9 Å². The van der Waals surface area contributed by atoms with Crippen LogP contribution in [-0.4, -0.2) is 61.4 Å². The average Bonchev–Trinajstić information content (AvgIpc) is 3.27. The van der Waals surface area contributed by atoms with E-state index in [4.69, 9.17) is 4.74 Å². The van der Waals surface area contributed by atoms with Crippen LogP contribution in [0.3, 0.4) is 0 Å². The molecule has 6 heteroatoms. The SMILES string of the molecule is Cc1cccc(OCCN(C)CC(=O)NCc2ccc(C(=O)N3CCCC3)cc2)c1. The summed E-state index contributed by atoms with van der Waals surface area (Å²) in [7, 11) is 1.90. The zero-order valence-electron chi connectivity index (χ0n) is 17.9. The Balaban J connectivity index is 1.36. The molecule has 3 rings (SSSR count). The Hall–Kier alpha value is -2.86. The van der Waals surface area contributed by atoms with E-state index in [1.165, 1.54) is 0 Å². The number of nitrogens with one attached hydrogen (secondary N) is 1. The van der Waals surface area contributed by atoms with Gasteiger partial charge in [-0.1, -0.05) is 24.3 Å². The zero-order valence-corrected chi connectivity index (χ0v) is 17.9. The Kier molecular flexibility index (Phi) is 7.85. The first kappa shape index (κ1) is 21.8. The molecule has 1 saturated heterocycles. The minimum Gasteiger partial charge on any atom is -0.492 e. The molecule has 1 heterocycles. The van der Waals surface area contributed by atoms with Crippen LogP contribution in [0.4, 0.5) is 0 Å². The summed E-state index contributed by atoms with van der Waals surface area (Å²) in [6.07, 6.45) is 2.17. The maximum Gasteiger partial charge on any atom is 0.253 e. The van der Waals surface area contributed by atoms with Crippen LogP contribution in [0.25, 0.3) is 0 Å². The summed E-state index contributed by atoms with van der Waals surface area (Å²) in [5.74, 6) is 0.905. The second-order valence-corrected chi connectivity index (χ2v) is 7.88. The summed E-state index contributed by atoms with van der Waals surface area (Å²) >= 11 is 0. The van der Waals surface area contributed by atoms with Gasteiger partial charge in [0.2, 0.25) is 5.91 Å². The molecule has 0 spiro atoms. The number of likely N-dealkylation sites (tertiary alicyclic amines) is 1. The highest BCUT2D eigenvalue weighted by Crippen LogP contribution is 2.14. The van der Waals surface area contributed by atoms with Crippen molar-refractivity contribution in [2.75, 3.05) is 39.8 Å². The third kappa shape index (κ3) is 6.59. The van der Waals surface area contributed by atoms with Gasteiger partial charge in [0.1, 0.15) is 12.4 Å². The number of nitrogens with zero attached hydrogens (tertiary/aromatic N) is 2. The lowest BCUT2D eigenvalue weighted by molar-refractivity contribution is -0.122. The quantitative estimate of drug-likeness (QED) is 0.692. The molecule has 30 heavy (non-hydrogen) atoms. The van der Waals surface area contributed by atoms with Gasteiger partial charge in [-0.25, -0.2) is 0 Å². The van der Waals surface area contributed by atoms with E-state index in [9.17, 15) is 9.59 Å². The van der Waals surface area contributed by atoms with E-state index >= 15 is 0 Å².